The van der Waals surface area contributed by atoms with E-state index >= 15 is 0 Å². The van der Waals surface area contributed by atoms with E-state index in [0.29, 0.717) is 4.90 Å². The molecule has 0 saturated carbocycles. The van der Waals surface area contributed by atoms with Crippen LogP contribution in [0.25, 0.3) is 0 Å². The predicted octanol–water partition coefficient (Wildman–Crippen LogP) is 4.13. The number of hydrogen-bond donors (Lipinski definition) is 0. The molecule has 0 N–H and O–H groups in total. The monoisotopic (exact) mass is 411 g/mol. The van der Waals surface area contributed by atoms with Crippen molar-refractivity contribution in [3.8, 4) is 0 Å². The molecule has 1 aliphatic heterocycles. The van der Waals surface area contributed by atoms with E-state index in [9.17, 15) is 8.42 Å². The van der Waals surface area contributed by atoms with Crippen molar-refractivity contribution >= 4 is 44.7 Å². The van der Waals surface area contributed by atoms with E-state index in [1.54, 1.807) is 37.5 Å². The summed E-state index contributed by atoms with van der Waals surface area (Å²) in [5.74, 6) is 0. The first-order chi connectivity index (χ1) is 12.4. The van der Waals surface area contributed by atoms with Gasteiger partial charge in [-0.1, -0.05) is 12.1 Å². The van der Waals surface area contributed by atoms with Crippen LogP contribution in [0.1, 0.15) is 19.3 Å². The zero-order valence-electron chi connectivity index (χ0n) is 15.4. The molecule has 0 atom stereocenters. The minimum Gasteiger partial charge on any atom is -0.370 e. The molecule has 0 aliphatic carbocycles. The second-order valence-corrected chi connectivity index (χ2v) is 11.0. The lowest BCUT2D eigenvalue weighted by Gasteiger charge is -2.32. The lowest BCUT2D eigenvalue weighted by molar-refractivity contribution is 0.521. The van der Waals surface area contributed by atoms with Gasteiger partial charge in [0.25, 0.3) is 0 Å². The molecular formula is C18H25N3O2S3. The summed E-state index contributed by atoms with van der Waals surface area (Å²) in [5.41, 5.74) is 2.41. The number of para-hydroxylation sites is 2. The van der Waals surface area contributed by atoms with Crippen molar-refractivity contribution in [2.45, 2.75) is 28.4 Å². The topological polar surface area (TPSA) is 43.9 Å². The largest absolute Gasteiger partial charge is 0.370 e. The number of thiophene rings is 1. The first kappa shape index (κ1) is 19.5. The van der Waals surface area contributed by atoms with Crippen LogP contribution in [0.4, 0.5) is 11.4 Å². The molecular weight excluding hydrogens is 386 g/mol. The van der Waals surface area contributed by atoms with Crippen LogP contribution in [-0.4, -0.2) is 47.0 Å². The first-order valence-corrected chi connectivity index (χ1v) is 11.8. The molecule has 1 aliphatic rings. The van der Waals surface area contributed by atoms with Crippen LogP contribution in [0.15, 0.2) is 44.8 Å². The summed E-state index contributed by atoms with van der Waals surface area (Å²) >= 11 is 3.03. The Morgan fingerprint density at radius 2 is 1.77 bits per heavy atom. The Balaban J connectivity index is 1.79. The molecule has 0 spiro atoms. The number of sulfonamides is 1. The molecule has 1 saturated heterocycles. The van der Waals surface area contributed by atoms with Gasteiger partial charge in [0.2, 0.25) is 10.0 Å². The normalized spacial score (nSPS) is 15.5. The van der Waals surface area contributed by atoms with Crippen molar-refractivity contribution in [1.29, 1.82) is 0 Å². The van der Waals surface area contributed by atoms with Crippen LogP contribution in [-0.2, 0) is 10.0 Å². The molecule has 2 heterocycles. The van der Waals surface area contributed by atoms with E-state index < -0.39 is 10.0 Å². The highest BCUT2D eigenvalue weighted by Gasteiger charge is 2.21. The quantitative estimate of drug-likeness (QED) is 0.669. The number of anilines is 2. The van der Waals surface area contributed by atoms with E-state index in [1.165, 1.54) is 40.6 Å². The van der Waals surface area contributed by atoms with Crippen molar-refractivity contribution in [2.75, 3.05) is 43.4 Å². The molecule has 1 fully saturated rings. The van der Waals surface area contributed by atoms with E-state index in [-0.39, 0.29) is 0 Å². The fourth-order valence-corrected chi connectivity index (χ4v) is 6.33. The molecule has 142 valence electrons. The molecule has 1 aromatic carbocycles. The molecule has 26 heavy (non-hydrogen) atoms. The van der Waals surface area contributed by atoms with Crippen molar-refractivity contribution in [3.63, 3.8) is 0 Å². The second-order valence-electron chi connectivity index (χ2n) is 6.51. The van der Waals surface area contributed by atoms with E-state index in [1.807, 2.05) is 7.05 Å². The molecule has 8 heteroatoms. The Morgan fingerprint density at radius 1 is 1.08 bits per heavy atom. The van der Waals surface area contributed by atoms with Gasteiger partial charge in [-0.2, -0.15) is 0 Å². The van der Waals surface area contributed by atoms with Gasteiger partial charge in [0.1, 0.15) is 0 Å². The SMILES string of the molecule is CN(Sc1cc(S(=O)(=O)N(C)C)cs1)c1ccccc1N1CCCCC1. The second kappa shape index (κ2) is 8.21. The summed E-state index contributed by atoms with van der Waals surface area (Å²) in [6.07, 6.45) is 3.78. The Bertz CT molecular complexity index is 843. The summed E-state index contributed by atoms with van der Waals surface area (Å²) in [4.78, 5) is 2.81. The fourth-order valence-electron chi connectivity index (χ4n) is 3.01. The highest BCUT2D eigenvalue weighted by Crippen LogP contribution is 2.38. The van der Waals surface area contributed by atoms with E-state index in [0.717, 1.165) is 23.0 Å². The van der Waals surface area contributed by atoms with Gasteiger partial charge in [-0.15, -0.1) is 11.3 Å². The van der Waals surface area contributed by atoms with Crippen molar-refractivity contribution in [2.24, 2.45) is 0 Å². The lowest BCUT2D eigenvalue weighted by Crippen LogP contribution is -2.30. The molecule has 0 unspecified atom stereocenters. The highest BCUT2D eigenvalue weighted by atomic mass is 32.2. The van der Waals surface area contributed by atoms with Gasteiger partial charge in [-0.25, -0.2) is 12.7 Å². The summed E-state index contributed by atoms with van der Waals surface area (Å²) in [5, 5.41) is 1.71. The minimum absolute atomic E-state index is 0.354. The van der Waals surface area contributed by atoms with Crippen LogP contribution in [0.3, 0.4) is 0 Å². The maximum absolute atomic E-state index is 12.3. The Hall–Kier alpha value is -1.22. The summed E-state index contributed by atoms with van der Waals surface area (Å²) in [6, 6.07) is 10.2. The summed E-state index contributed by atoms with van der Waals surface area (Å²) in [7, 11) is 1.77. The zero-order chi connectivity index (χ0) is 18.7. The maximum Gasteiger partial charge on any atom is 0.243 e. The van der Waals surface area contributed by atoms with Crippen LogP contribution in [0.5, 0.6) is 0 Å². The van der Waals surface area contributed by atoms with Gasteiger partial charge in [0.15, 0.2) is 0 Å². The Labute approximate surface area is 164 Å². The smallest absolute Gasteiger partial charge is 0.243 e. The number of rotatable bonds is 6. The van der Waals surface area contributed by atoms with Crippen molar-refractivity contribution < 1.29 is 8.42 Å². The van der Waals surface area contributed by atoms with E-state index in [2.05, 4.69) is 33.5 Å². The first-order valence-electron chi connectivity index (χ1n) is 8.66. The van der Waals surface area contributed by atoms with Gasteiger partial charge in [-0.3, -0.25) is 0 Å². The number of nitrogens with zero attached hydrogens (tertiary/aromatic N) is 3. The van der Waals surface area contributed by atoms with Crippen LogP contribution in [0.2, 0.25) is 0 Å². The van der Waals surface area contributed by atoms with Gasteiger partial charge in [0, 0.05) is 39.6 Å². The fraction of sp³-hybridized carbons (Fsp3) is 0.444. The molecule has 3 rings (SSSR count). The van der Waals surface area contributed by atoms with Gasteiger partial charge in [-0.05, 0) is 49.4 Å². The van der Waals surface area contributed by atoms with Crippen LogP contribution < -0.4 is 9.21 Å². The van der Waals surface area contributed by atoms with Gasteiger partial charge in [0.05, 0.1) is 20.5 Å². The predicted molar refractivity (Wildman–Crippen MR) is 112 cm³/mol. The average Bonchev–Trinajstić information content (AvgIpc) is 3.11. The lowest BCUT2D eigenvalue weighted by atomic mass is 10.1. The van der Waals surface area contributed by atoms with Crippen LogP contribution in [0, 0.1) is 0 Å². The highest BCUT2D eigenvalue weighted by molar-refractivity contribution is 8.02. The third kappa shape index (κ3) is 4.19. The molecule has 2 aromatic rings. The molecule has 0 radical (unpaired) electrons. The third-order valence-corrected chi connectivity index (χ3v) is 8.42. The zero-order valence-corrected chi connectivity index (χ0v) is 17.8. The molecule has 0 amide bonds. The molecule has 5 nitrogen and oxygen atoms in total. The summed E-state index contributed by atoms with van der Waals surface area (Å²) < 4.78 is 28.9. The molecule has 0 bridgehead atoms. The average molecular weight is 412 g/mol. The Morgan fingerprint density at radius 3 is 2.46 bits per heavy atom. The van der Waals surface area contributed by atoms with Crippen LogP contribution >= 0.6 is 23.3 Å². The minimum atomic E-state index is -3.38. The number of benzene rings is 1. The third-order valence-electron chi connectivity index (χ3n) is 4.47. The standard InChI is InChI=1S/C18H25N3O2S3/c1-19(2)26(22,23)15-13-18(24-14-15)25-20(3)16-9-5-6-10-17(16)21-11-7-4-8-12-21/h5-6,9-10,13-14H,4,7-8,11-12H2,1-3H3. The van der Waals surface area contributed by atoms with Gasteiger partial charge < -0.3 is 9.21 Å². The van der Waals surface area contributed by atoms with E-state index in [4.69, 9.17) is 0 Å². The van der Waals surface area contributed by atoms with Crippen molar-refractivity contribution in [3.05, 3.63) is 35.7 Å². The van der Waals surface area contributed by atoms with Crippen molar-refractivity contribution in [1.82, 2.24) is 4.31 Å². The Kier molecular flexibility index (Phi) is 6.17. The summed E-state index contributed by atoms with van der Waals surface area (Å²) in [6.45, 7) is 2.19. The van der Waals surface area contributed by atoms with Gasteiger partial charge >= 0.3 is 0 Å². The number of piperidine rings is 1. The number of hydrogen-bond acceptors (Lipinski definition) is 6. The maximum atomic E-state index is 12.3. The molecule has 1 aromatic heterocycles.